The summed E-state index contributed by atoms with van der Waals surface area (Å²) in [6, 6.07) is 4.72. The summed E-state index contributed by atoms with van der Waals surface area (Å²) < 4.78 is 1.13. The summed E-state index contributed by atoms with van der Waals surface area (Å²) in [5.41, 5.74) is 5.91. The van der Waals surface area contributed by atoms with Crippen LogP contribution in [0.25, 0.3) is 0 Å². The fourth-order valence-corrected chi connectivity index (χ4v) is 3.83. The minimum absolute atomic E-state index is 0.549. The van der Waals surface area contributed by atoms with Crippen molar-refractivity contribution in [2.24, 2.45) is 10.7 Å². The van der Waals surface area contributed by atoms with Gasteiger partial charge in [-0.1, -0.05) is 6.92 Å². The fraction of sp³-hybridized carbons (Fsp3) is 0.615. The van der Waals surface area contributed by atoms with Crippen LogP contribution >= 0.6 is 27.3 Å². The van der Waals surface area contributed by atoms with Crippen LogP contribution in [0.5, 0.6) is 0 Å². The van der Waals surface area contributed by atoms with Gasteiger partial charge in [-0.05, 0) is 54.0 Å². The largest absolute Gasteiger partial charge is 0.370 e. The molecule has 3 N–H and O–H groups in total. The van der Waals surface area contributed by atoms with E-state index in [0.717, 1.165) is 16.9 Å². The first kappa shape index (κ1) is 14.8. The van der Waals surface area contributed by atoms with Crippen molar-refractivity contribution in [1.29, 1.82) is 0 Å². The zero-order valence-electron chi connectivity index (χ0n) is 11.2. The van der Waals surface area contributed by atoms with Gasteiger partial charge in [-0.2, -0.15) is 0 Å². The molecule has 106 valence electrons. The van der Waals surface area contributed by atoms with E-state index >= 15 is 0 Å². The van der Waals surface area contributed by atoms with Crippen LogP contribution in [-0.2, 0) is 6.54 Å². The zero-order valence-corrected chi connectivity index (χ0v) is 13.6. The number of aliphatic imine (C=N–C) groups is 1. The molecule has 1 aliphatic rings. The summed E-state index contributed by atoms with van der Waals surface area (Å²) in [6.45, 7) is 6.09. The van der Waals surface area contributed by atoms with Gasteiger partial charge in [-0.15, -0.1) is 11.3 Å². The number of likely N-dealkylation sites (N-methyl/N-ethyl adjacent to an activating group) is 1. The summed E-state index contributed by atoms with van der Waals surface area (Å²) in [5, 5.41) is 3.24. The molecule has 0 aliphatic carbocycles. The third kappa shape index (κ3) is 4.47. The van der Waals surface area contributed by atoms with Crippen molar-refractivity contribution >= 4 is 33.2 Å². The monoisotopic (exact) mass is 344 g/mol. The predicted molar refractivity (Wildman–Crippen MR) is 85.6 cm³/mol. The van der Waals surface area contributed by atoms with Crippen molar-refractivity contribution in [2.75, 3.05) is 19.6 Å². The molecule has 1 unspecified atom stereocenters. The van der Waals surface area contributed by atoms with E-state index in [1.807, 2.05) is 6.07 Å². The Kier molecular flexibility index (Phi) is 5.66. The lowest BCUT2D eigenvalue weighted by Crippen LogP contribution is -2.42. The number of nitrogens with zero attached hydrogens (tertiary/aromatic N) is 2. The molecule has 0 aromatic carbocycles. The van der Waals surface area contributed by atoms with Gasteiger partial charge in [-0.25, -0.2) is 4.99 Å². The van der Waals surface area contributed by atoms with Gasteiger partial charge in [0.05, 0.1) is 10.3 Å². The number of hydrogen-bond acceptors (Lipinski definition) is 3. The molecule has 0 amide bonds. The predicted octanol–water partition coefficient (Wildman–Crippen LogP) is 2.40. The lowest BCUT2D eigenvalue weighted by atomic mass is 10.2. The Bertz CT molecular complexity index is 432. The molecule has 2 heterocycles. The second kappa shape index (κ2) is 7.26. The minimum atomic E-state index is 0.549. The number of nitrogens with one attached hydrogen (secondary N) is 1. The molecule has 2 rings (SSSR count). The first-order valence-corrected chi connectivity index (χ1v) is 8.32. The van der Waals surface area contributed by atoms with E-state index in [9.17, 15) is 0 Å². The van der Waals surface area contributed by atoms with Crippen LogP contribution in [-0.4, -0.2) is 36.5 Å². The summed E-state index contributed by atoms with van der Waals surface area (Å²) in [6.07, 6.45) is 2.55. The highest BCUT2D eigenvalue weighted by Gasteiger charge is 2.22. The molecule has 4 nitrogen and oxygen atoms in total. The van der Waals surface area contributed by atoms with E-state index < -0.39 is 0 Å². The average Bonchev–Trinajstić information content (AvgIpc) is 3.02. The van der Waals surface area contributed by atoms with E-state index in [1.165, 1.54) is 24.3 Å². The van der Waals surface area contributed by atoms with Crippen LogP contribution in [0.2, 0.25) is 0 Å². The van der Waals surface area contributed by atoms with Gasteiger partial charge in [0.15, 0.2) is 5.96 Å². The SMILES string of the molecule is CCN1CCCC1CNC(N)=NCc1ccc(Br)s1. The topological polar surface area (TPSA) is 53.6 Å². The Balaban J connectivity index is 1.76. The van der Waals surface area contributed by atoms with Crippen LogP contribution in [0.1, 0.15) is 24.6 Å². The molecule has 0 bridgehead atoms. The van der Waals surface area contributed by atoms with Crippen LogP contribution in [0.3, 0.4) is 0 Å². The van der Waals surface area contributed by atoms with Gasteiger partial charge >= 0.3 is 0 Å². The smallest absolute Gasteiger partial charge is 0.189 e. The molecule has 1 aromatic rings. The number of rotatable bonds is 5. The first-order chi connectivity index (χ1) is 9.19. The molecule has 1 aliphatic heterocycles. The molecular weight excluding hydrogens is 324 g/mol. The maximum Gasteiger partial charge on any atom is 0.189 e. The molecule has 1 atom stereocenters. The van der Waals surface area contributed by atoms with Crippen LogP contribution in [0.15, 0.2) is 20.9 Å². The Morgan fingerprint density at radius 2 is 2.47 bits per heavy atom. The lowest BCUT2D eigenvalue weighted by Gasteiger charge is -2.23. The fourth-order valence-electron chi connectivity index (χ4n) is 2.42. The quantitative estimate of drug-likeness (QED) is 0.637. The Hall–Kier alpha value is -0.590. The summed E-state index contributed by atoms with van der Waals surface area (Å²) >= 11 is 5.14. The zero-order chi connectivity index (χ0) is 13.7. The molecular formula is C13H21BrN4S. The third-order valence-electron chi connectivity index (χ3n) is 3.46. The number of nitrogens with two attached hydrogens (primary N) is 1. The number of likely N-dealkylation sites (tertiary alicyclic amines) is 1. The second-order valence-corrected chi connectivity index (χ2v) is 7.26. The highest BCUT2D eigenvalue weighted by Crippen LogP contribution is 2.22. The van der Waals surface area contributed by atoms with Gasteiger partial charge in [0.1, 0.15) is 0 Å². The van der Waals surface area contributed by atoms with Crippen molar-refractivity contribution in [3.63, 3.8) is 0 Å². The van der Waals surface area contributed by atoms with Gasteiger partial charge < -0.3 is 11.1 Å². The Morgan fingerprint density at radius 1 is 1.63 bits per heavy atom. The third-order valence-corrected chi connectivity index (χ3v) is 5.07. The molecule has 0 saturated carbocycles. The van der Waals surface area contributed by atoms with E-state index in [1.54, 1.807) is 11.3 Å². The van der Waals surface area contributed by atoms with Crippen molar-refractivity contribution in [3.05, 3.63) is 20.8 Å². The minimum Gasteiger partial charge on any atom is -0.370 e. The number of halogens is 1. The molecule has 1 saturated heterocycles. The average molecular weight is 345 g/mol. The van der Waals surface area contributed by atoms with Crippen molar-refractivity contribution < 1.29 is 0 Å². The molecule has 19 heavy (non-hydrogen) atoms. The molecule has 0 radical (unpaired) electrons. The second-order valence-electron chi connectivity index (χ2n) is 4.71. The van der Waals surface area contributed by atoms with Gasteiger partial charge in [0.25, 0.3) is 0 Å². The first-order valence-electron chi connectivity index (χ1n) is 6.71. The van der Waals surface area contributed by atoms with Crippen LogP contribution in [0.4, 0.5) is 0 Å². The van der Waals surface area contributed by atoms with Crippen molar-refractivity contribution in [2.45, 2.75) is 32.4 Å². The normalized spacial score (nSPS) is 20.9. The standard InChI is InChI=1S/C13H21BrN4S/c1-2-18-7-3-4-10(18)8-16-13(15)17-9-11-5-6-12(14)19-11/h5-6,10H,2-4,7-9H2,1H3,(H3,15,16,17). The number of hydrogen-bond donors (Lipinski definition) is 2. The van der Waals surface area contributed by atoms with Crippen LogP contribution in [0, 0.1) is 0 Å². The number of thiophene rings is 1. The van der Waals surface area contributed by atoms with Gasteiger partial charge in [0.2, 0.25) is 0 Å². The number of guanidine groups is 1. The van der Waals surface area contributed by atoms with Crippen molar-refractivity contribution in [3.8, 4) is 0 Å². The Morgan fingerprint density at radius 3 is 3.16 bits per heavy atom. The summed E-state index contributed by atoms with van der Waals surface area (Å²) in [7, 11) is 0. The Labute approximate surface area is 127 Å². The van der Waals surface area contributed by atoms with Crippen molar-refractivity contribution in [1.82, 2.24) is 10.2 Å². The van der Waals surface area contributed by atoms with E-state index in [2.05, 4.69) is 44.1 Å². The van der Waals surface area contributed by atoms with Gasteiger partial charge in [0, 0.05) is 17.5 Å². The lowest BCUT2D eigenvalue weighted by molar-refractivity contribution is 0.267. The highest BCUT2D eigenvalue weighted by atomic mass is 79.9. The maximum absolute atomic E-state index is 5.91. The maximum atomic E-state index is 5.91. The molecule has 0 spiro atoms. The van der Waals surface area contributed by atoms with Crippen LogP contribution < -0.4 is 11.1 Å². The van der Waals surface area contributed by atoms with Gasteiger partial charge in [-0.3, -0.25) is 4.90 Å². The van der Waals surface area contributed by atoms with E-state index in [0.29, 0.717) is 18.5 Å². The molecule has 1 aromatic heterocycles. The molecule has 1 fully saturated rings. The molecule has 6 heteroatoms. The highest BCUT2D eigenvalue weighted by molar-refractivity contribution is 9.11. The summed E-state index contributed by atoms with van der Waals surface area (Å²) in [4.78, 5) is 8.09. The van der Waals surface area contributed by atoms with E-state index in [4.69, 9.17) is 5.73 Å². The van der Waals surface area contributed by atoms with E-state index in [-0.39, 0.29) is 0 Å². The summed E-state index contributed by atoms with van der Waals surface area (Å²) in [5.74, 6) is 0.549.